The summed E-state index contributed by atoms with van der Waals surface area (Å²) in [7, 11) is 0. The highest BCUT2D eigenvalue weighted by molar-refractivity contribution is 5.80. The van der Waals surface area contributed by atoms with Gasteiger partial charge in [0.1, 0.15) is 11.9 Å². The summed E-state index contributed by atoms with van der Waals surface area (Å²) in [5.41, 5.74) is 4.56. The Morgan fingerprint density at radius 2 is 1.69 bits per heavy atom. The van der Waals surface area contributed by atoms with Crippen molar-refractivity contribution in [1.29, 1.82) is 0 Å². The van der Waals surface area contributed by atoms with Gasteiger partial charge in [0, 0.05) is 16.7 Å². The number of hydrogen-bond acceptors (Lipinski definition) is 2. The monoisotopic (exact) mass is 428 g/mol. The molecule has 2 fully saturated rings. The van der Waals surface area contributed by atoms with Crippen LogP contribution in [-0.4, -0.2) is 17.2 Å². The molecule has 5 rings (SSSR count). The maximum absolute atomic E-state index is 11.5. The molecule has 2 saturated carbocycles. The van der Waals surface area contributed by atoms with Crippen molar-refractivity contribution < 1.29 is 14.6 Å². The van der Waals surface area contributed by atoms with Gasteiger partial charge in [0.05, 0.1) is 5.41 Å². The zero-order valence-electron chi connectivity index (χ0n) is 19.5. The number of carboxylic acid groups (broad SMARTS) is 1. The van der Waals surface area contributed by atoms with Crippen LogP contribution in [0.25, 0.3) is 0 Å². The average molecular weight is 429 g/mol. The summed E-state index contributed by atoms with van der Waals surface area (Å²) in [6, 6.07) is 12.1. The molecule has 0 amide bonds. The van der Waals surface area contributed by atoms with E-state index < -0.39 is 11.4 Å². The first-order valence-electron chi connectivity index (χ1n) is 11.9. The van der Waals surface area contributed by atoms with Crippen LogP contribution >= 0.6 is 0 Å². The van der Waals surface area contributed by atoms with Gasteiger partial charge in [-0.1, -0.05) is 37.8 Å². The van der Waals surface area contributed by atoms with E-state index in [0.717, 1.165) is 34.8 Å². The lowest BCUT2D eigenvalue weighted by atomic mass is 9.75. The number of ether oxygens (including phenoxy) is 1. The maximum atomic E-state index is 11.5. The van der Waals surface area contributed by atoms with Crippen LogP contribution in [0.5, 0.6) is 5.75 Å². The van der Waals surface area contributed by atoms with Crippen molar-refractivity contribution in [2.45, 2.75) is 82.7 Å². The zero-order chi connectivity index (χ0) is 22.7. The fraction of sp³-hybridized carbons (Fsp3) is 0.483. The van der Waals surface area contributed by atoms with Crippen molar-refractivity contribution in [3.63, 3.8) is 0 Å². The summed E-state index contributed by atoms with van der Waals surface area (Å²) in [6.45, 7) is 8.14. The molecule has 1 heterocycles. The average Bonchev–Trinajstić information content (AvgIpc) is 3.64. The number of carbonyl (C=O) groups is 1. The fourth-order valence-corrected chi connectivity index (χ4v) is 4.83. The maximum Gasteiger partial charge on any atom is 0.313 e. The first-order valence-corrected chi connectivity index (χ1v) is 11.9. The lowest BCUT2D eigenvalue weighted by Gasteiger charge is -2.39. The standard InChI is InChI=1S/C29H32O3/c1-28(2)17-25(21-11-12-21)32-26-23(20-9-10-20)15-19(16-24(26)28)6-5-18-7-13-22(14-8-18)29(3,4)27(30)31/h7-8,13-16,20-21,25H,9-12,17H2,1-4H3,(H,30,31). The van der Waals surface area contributed by atoms with Gasteiger partial charge in [-0.05, 0) is 98.6 Å². The second-order valence-electron chi connectivity index (χ2n) is 11.1. The van der Waals surface area contributed by atoms with E-state index in [1.807, 2.05) is 24.3 Å². The van der Waals surface area contributed by atoms with Crippen molar-refractivity contribution in [3.8, 4) is 17.6 Å². The quantitative estimate of drug-likeness (QED) is 0.593. The van der Waals surface area contributed by atoms with E-state index in [2.05, 4.69) is 37.8 Å². The Balaban J connectivity index is 1.47. The van der Waals surface area contributed by atoms with Gasteiger partial charge in [0.2, 0.25) is 0 Å². The van der Waals surface area contributed by atoms with Crippen LogP contribution in [-0.2, 0) is 15.6 Å². The lowest BCUT2D eigenvalue weighted by Crippen LogP contribution is -2.36. The van der Waals surface area contributed by atoms with E-state index in [0.29, 0.717) is 12.0 Å². The normalized spacial score (nSPS) is 21.7. The molecule has 166 valence electrons. The second-order valence-corrected chi connectivity index (χ2v) is 11.1. The molecule has 3 aliphatic rings. The Morgan fingerprint density at radius 1 is 1.03 bits per heavy atom. The molecule has 32 heavy (non-hydrogen) atoms. The summed E-state index contributed by atoms with van der Waals surface area (Å²) in [5, 5.41) is 9.44. The smallest absolute Gasteiger partial charge is 0.313 e. The summed E-state index contributed by atoms with van der Waals surface area (Å²) >= 11 is 0. The molecule has 3 nitrogen and oxygen atoms in total. The molecule has 0 aromatic heterocycles. The molecular weight excluding hydrogens is 396 g/mol. The molecule has 0 spiro atoms. The van der Waals surface area contributed by atoms with E-state index in [-0.39, 0.29) is 5.41 Å². The number of carboxylic acids is 1. The predicted octanol–water partition coefficient (Wildman–Crippen LogP) is 6.16. The van der Waals surface area contributed by atoms with Crippen molar-refractivity contribution in [2.24, 2.45) is 5.92 Å². The zero-order valence-corrected chi connectivity index (χ0v) is 19.5. The Labute approximate surface area is 191 Å². The van der Waals surface area contributed by atoms with Crippen molar-refractivity contribution in [3.05, 3.63) is 64.2 Å². The highest BCUT2D eigenvalue weighted by Crippen LogP contribution is 2.53. The van der Waals surface area contributed by atoms with Crippen LogP contribution in [0.3, 0.4) is 0 Å². The Bertz CT molecular complexity index is 1120. The topological polar surface area (TPSA) is 46.5 Å². The Morgan fingerprint density at radius 3 is 2.28 bits per heavy atom. The van der Waals surface area contributed by atoms with Crippen LogP contribution in [0.15, 0.2) is 36.4 Å². The van der Waals surface area contributed by atoms with Gasteiger partial charge in [-0.15, -0.1) is 0 Å². The van der Waals surface area contributed by atoms with Gasteiger partial charge >= 0.3 is 5.97 Å². The number of hydrogen-bond donors (Lipinski definition) is 1. The minimum absolute atomic E-state index is 0.0895. The third-order valence-corrected chi connectivity index (χ3v) is 7.48. The van der Waals surface area contributed by atoms with E-state index in [4.69, 9.17) is 4.74 Å². The van der Waals surface area contributed by atoms with Gasteiger partial charge in [-0.3, -0.25) is 4.79 Å². The third-order valence-electron chi connectivity index (χ3n) is 7.48. The van der Waals surface area contributed by atoms with E-state index in [9.17, 15) is 9.90 Å². The van der Waals surface area contributed by atoms with Crippen LogP contribution in [0.2, 0.25) is 0 Å². The molecule has 1 unspecified atom stereocenters. The molecular formula is C29H32O3. The number of aliphatic carboxylic acids is 1. The SMILES string of the molecule is CC1(C)CC(C2CC2)Oc2c(C3CC3)cc(C#Cc3ccc(C(C)(C)C(=O)O)cc3)cc21. The minimum atomic E-state index is -0.909. The summed E-state index contributed by atoms with van der Waals surface area (Å²) in [5.74, 6) is 8.33. The molecule has 0 saturated heterocycles. The molecule has 2 aromatic rings. The van der Waals surface area contributed by atoms with Crippen LogP contribution in [0.4, 0.5) is 0 Å². The summed E-state index contributed by atoms with van der Waals surface area (Å²) < 4.78 is 6.61. The molecule has 2 aromatic carbocycles. The van der Waals surface area contributed by atoms with Crippen molar-refractivity contribution in [1.82, 2.24) is 0 Å². The molecule has 1 aliphatic heterocycles. The first kappa shape index (κ1) is 21.1. The highest BCUT2D eigenvalue weighted by atomic mass is 16.5. The molecule has 0 radical (unpaired) electrons. The summed E-state index contributed by atoms with van der Waals surface area (Å²) in [6.07, 6.45) is 6.53. The van der Waals surface area contributed by atoms with Gasteiger partial charge in [-0.2, -0.15) is 0 Å². The van der Waals surface area contributed by atoms with Gasteiger partial charge in [-0.25, -0.2) is 0 Å². The Kier molecular flexibility index (Phi) is 4.89. The number of benzene rings is 2. The molecule has 0 bridgehead atoms. The van der Waals surface area contributed by atoms with Crippen molar-refractivity contribution in [2.75, 3.05) is 0 Å². The largest absolute Gasteiger partial charge is 0.490 e. The minimum Gasteiger partial charge on any atom is -0.490 e. The Hall–Kier alpha value is -2.73. The molecule has 1 N–H and O–H groups in total. The highest BCUT2D eigenvalue weighted by Gasteiger charge is 2.44. The lowest BCUT2D eigenvalue weighted by molar-refractivity contribution is -0.142. The predicted molar refractivity (Wildman–Crippen MR) is 126 cm³/mol. The van der Waals surface area contributed by atoms with E-state index in [1.165, 1.54) is 36.8 Å². The van der Waals surface area contributed by atoms with Gasteiger partial charge in [0.15, 0.2) is 0 Å². The second kappa shape index (κ2) is 7.41. The fourth-order valence-electron chi connectivity index (χ4n) is 4.83. The van der Waals surface area contributed by atoms with Gasteiger partial charge < -0.3 is 9.84 Å². The molecule has 1 atom stereocenters. The molecule has 3 heteroatoms. The van der Waals surface area contributed by atoms with Crippen molar-refractivity contribution >= 4 is 5.97 Å². The van der Waals surface area contributed by atoms with Crippen LogP contribution < -0.4 is 4.74 Å². The summed E-state index contributed by atoms with van der Waals surface area (Å²) in [4.78, 5) is 11.5. The molecule has 2 aliphatic carbocycles. The van der Waals surface area contributed by atoms with Crippen LogP contribution in [0, 0.1) is 17.8 Å². The third kappa shape index (κ3) is 3.92. The van der Waals surface area contributed by atoms with Gasteiger partial charge in [0.25, 0.3) is 0 Å². The van der Waals surface area contributed by atoms with E-state index >= 15 is 0 Å². The number of fused-ring (bicyclic) bond motifs is 1. The van der Waals surface area contributed by atoms with E-state index in [1.54, 1.807) is 13.8 Å². The number of rotatable bonds is 4. The van der Waals surface area contributed by atoms with Crippen LogP contribution in [0.1, 0.15) is 93.5 Å². The first-order chi connectivity index (χ1) is 15.1.